The van der Waals surface area contributed by atoms with Crippen LogP contribution in [0.1, 0.15) is 15.9 Å². The summed E-state index contributed by atoms with van der Waals surface area (Å²) in [5.41, 5.74) is 1.83. The Morgan fingerprint density at radius 1 is 1.36 bits per heavy atom. The van der Waals surface area contributed by atoms with Crippen LogP contribution >= 0.6 is 0 Å². The molecule has 0 fully saturated rings. The Labute approximate surface area is 128 Å². The molecular weight excluding hydrogens is 306 g/mol. The van der Waals surface area contributed by atoms with Crippen LogP contribution in [0.5, 0.6) is 0 Å². The van der Waals surface area contributed by atoms with Crippen molar-refractivity contribution in [3.8, 4) is 0 Å². The number of nitrogens with zero attached hydrogens (tertiary/aromatic N) is 3. The van der Waals surface area contributed by atoms with Crippen molar-refractivity contribution in [1.82, 2.24) is 9.78 Å². The second-order valence-corrected chi connectivity index (χ2v) is 6.87. The van der Waals surface area contributed by atoms with E-state index < -0.39 is 16.0 Å². The summed E-state index contributed by atoms with van der Waals surface area (Å²) in [5.74, 6) is -0.434. The molecule has 1 aromatic heterocycles. The van der Waals surface area contributed by atoms with Gasteiger partial charge in [-0.15, -0.1) is 0 Å². The monoisotopic (exact) mass is 321 g/mol. The molecule has 0 aliphatic carbocycles. The third kappa shape index (κ3) is 2.25. The molecule has 8 heteroatoms. The Bertz CT molecular complexity index is 842. The van der Waals surface area contributed by atoms with E-state index in [1.165, 1.54) is 28.5 Å². The van der Waals surface area contributed by atoms with Crippen molar-refractivity contribution in [1.29, 1.82) is 0 Å². The molecule has 0 saturated heterocycles. The maximum Gasteiger partial charge on any atom is 0.337 e. The lowest BCUT2D eigenvalue weighted by molar-refractivity contribution is 0.0600. The number of hydrogen-bond acceptors (Lipinski definition) is 5. The van der Waals surface area contributed by atoms with E-state index in [1.54, 1.807) is 25.2 Å². The maximum absolute atomic E-state index is 12.7. The number of methoxy groups -OCH3 is 1. The van der Waals surface area contributed by atoms with Crippen molar-refractivity contribution in [3.63, 3.8) is 0 Å². The summed E-state index contributed by atoms with van der Waals surface area (Å²) < 4.78 is 32.8. The molecule has 0 atom stereocenters. The number of anilines is 1. The van der Waals surface area contributed by atoms with Crippen LogP contribution in [0.15, 0.2) is 35.5 Å². The Morgan fingerprint density at radius 2 is 2.14 bits per heavy atom. The molecule has 1 aromatic carbocycles. The Kier molecular flexibility index (Phi) is 3.40. The minimum absolute atomic E-state index is 0.153. The molecule has 0 spiro atoms. The summed E-state index contributed by atoms with van der Waals surface area (Å²) in [6.07, 6.45) is 3.35. The normalized spacial score (nSPS) is 14.0. The van der Waals surface area contributed by atoms with Gasteiger partial charge in [0.1, 0.15) is 4.90 Å². The molecule has 22 heavy (non-hydrogen) atoms. The third-order valence-corrected chi connectivity index (χ3v) is 5.39. The van der Waals surface area contributed by atoms with E-state index in [-0.39, 0.29) is 4.90 Å². The van der Waals surface area contributed by atoms with Crippen LogP contribution in [0.3, 0.4) is 0 Å². The summed E-state index contributed by atoms with van der Waals surface area (Å²) in [4.78, 5) is 11.7. The van der Waals surface area contributed by atoms with Crippen LogP contribution in [-0.2, 0) is 28.2 Å². The van der Waals surface area contributed by atoms with Crippen LogP contribution in [0.25, 0.3) is 0 Å². The third-order valence-electron chi connectivity index (χ3n) is 3.62. The van der Waals surface area contributed by atoms with E-state index in [4.69, 9.17) is 0 Å². The number of aryl methyl sites for hydroxylation is 1. The smallest absolute Gasteiger partial charge is 0.337 e. The van der Waals surface area contributed by atoms with Crippen LogP contribution in [0.2, 0.25) is 0 Å². The Balaban J connectivity index is 2.00. The van der Waals surface area contributed by atoms with Gasteiger partial charge in [0.2, 0.25) is 0 Å². The minimum atomic E-state index is -3.64. The lowest BCUT2D eigenvalue weighted by Gasteiger charge is -2.18. The predicted molar refractivity (Wildman–Crippen MR) is 79.2 cm³/mol. The van der Waals surface area contributed by atoms with Gasteiger partial charge in [-0.2, -0.15) is 5.10 Å². The number of carbonyl (C=O) groups excluding carboxylic acids is 1. The number of hydrogen-bond donors (Lipinski definition) is 0. The Hall–Kier alpha value is -2.35. The molecule has 116 valence electrons. The molecule has 0 bridgehead atoms. The number of carbonyl (C=O) groups is 1. The predicted octanol–water partition coefficient (Wildman–Crippen LogP) is 0.958. The van der Waals surface area contributed by atoms with Gasteiger partial charge in [-0.3, -0.25) is 8.99 Å². The largest absolute Gasteiger partial charge is 0.465 e. The first-order chi connectivity index (χ1) is 10.4. The molecule has 1 aliphatic rings. The molecule has 0 unspecified atom stereocenters. The summed E-state index contributed by atoms with van der Waals surface area (Å²) in [7, 11) is -0.656. The van der Waals surface area contributed by atoms with E-state index in [0.717, 1.165) is 5.56 Å². The lowest BCUT2D eigenvalue weighted by atomic mass is 10.1. The number of sulfonamides is 1. The maximum atomic E-state index is 12.7. The van der Waals surface area contributed by atoms with Crippen molar-refractivity contribution in [2.45, 2.75) is 11.3 Å². The van der Waals surface area contributed by atoms with Crippen molar-refractivity contribution in [2.24, 2.45) is 7.05 Å². The fraction of sp³-hybridized carbons (Fsp3) is 0.286. The minimum Gasteiger partial charge on any atom is -0.465 e. The van der Waals surface area contributed by atoms with E-state index in [9.17, 15) is 13.2 Å². The Morgan fingerprint density at radius 3 is 2.77 bits per heavy atom. The van der Waals surface area contributed by atoms with Gasteiger partial charge in [0.15, 0.2) is 0 Å². The zero-order valence-electron chi connectivity index (χ0n) is 12.2. The average molecular weight is 321 g/mol. The molecule has 0 N–H and O–H groups in total. The second-order valence-electron chi connectivity index (χ2n) is 5.01. The van der Waals surface area contributed by atoms with Crippen molar-refractivity contribution in [3.05, 3.63) is 41.7 Å². The highest BCUT2D eigenvalue weighted by atomic mass is 32.2. The first-order valence-corrected chi connectivity index (χ1v) is 8.10. The molecule has 0 radical (unpaired) electrons. The number of ether oxygens (including phenoxy) is 1. The van der Waals surface area contributed by atoms with Gasteiger partial charge in [-0.25, -0.2) is 13.2 Å². The highest BCUT2D eigenvalue weighted by molar-refractivity contribution is 7.92. The summed E-state index contributed by atoms with van der Waals surface area (Å²) in [6, 6.07) is 4.89. The van der Waals surface area contributed by atoms with Crippen LogP contribution < -0.4 is 4.31 Å². The highest BCUT2D eigenvalue weighted by Gasteiger charge is 2.32. The zero-order chi connectivity index (χ0) is 15.9. The van der Waals surface area contributed by atoms with Gasteiger partial charge in [-0.05, 0) is 30.2 Å². The van der Waals surface area contributed by atoms with Crippen LogP contribution in [-0.4, -0.2) is 37.8 Å². The number of benzene rings is 1. The van der Waals surface area contributed by atoms with E-state index in [1.807, 2.05) is 0 Å². The van der Waals surface area contributed by atoms with Gasteiger partial charge in [0.25, 0.3) is 10.0 Å². The highest BCUT2D eigenvalue weighted by Crippen LogP contribution is 2.33. The molecule has 3 rings (SSSR count). The van der Waals surface area contributed by atoms with Crippen LogP contribution in [0, 0.1) is 0 Å². The number of esters is 1. The van der Waals surface area contributed by atoms with Gasteiger partial charge in [-0.1, -0.05) is 0 Å². The molecule has 0 amide bonds. The fourth-order valence-electron chi connectivity index (χ4n) is 2.53. The first kappa shape index (κ1) is 14.6. The van der Waals surface area contributed by atoms with E-state index >= 15 is 0 Å². The van der Waals surface area contributed by atoms with Crippen molar-refractivity contribution in [2.75, 3.05) is 18.0 Å². The SMILES string of the molecule is COC(=O)c1ccc2c(c1)CCN2S(=O)(=O)c1cnn(C)c1. The van der Waals surface area contributed by atoms with Gasteiger partial charge in [0, 0.05) is 19.8 Å². The second kappa shape index (κ2) is 5.13. The molecule has 2 aromatic rings. The number of fused-ring (bicyclic) bond motifs is 1. The topological polar surface area (TPSA) is 81.5 Å². The summed E-state index contributed by atoms with van der Waals surface area (Å²) >= 11 is 0. The molecule has 0 saturated carbocycles. The van der Waals surface area contributed by atoms with Gasteiger partial charge in [0.05, 0.1) is 24.6 Å². The standard InChI is InChI=1S/C14H15N3O4S/c1-16-9-12(8-15-16)22(19,20)17-6-5-10-7-11(14(18)21-2)3-4-13(10)17/h3-4,7-9H,5-6H2,1-2H3. The van der Waals surface area contributed by atoms with Crippen LogP contribution in [0.4, 0.5) is 5.69 Å². The molecule has 2 heterocycles. The number of rotatable bonds is 3. The fourth-order valence-corrected chi connectivity index (χ4v) is 4.01. The van der Waals surface area contributed by atoms with E-state index in [0.29, 0.717) is 24.2 Å². The first-order valence-electron chi connectivity index (χ1n) is 6.66. The van der Waals surface area contributed by atoms with Gasteiger partial charge < -0.3 is 4.74 Å². The quantitative estimate of drug-likeness (QED) is 0.787. The molecular formula is C14H15N3O4S. The van der Waals surface area contributed by atoms with Crippen molar-refractivity contribution >= 4 is 21.7 Å². The van der Waals surface area contributed by atoms with Gasteiger partial charge >= 0.3 is 5.97 Å². The zero-order valence-corrected chi connectivity index (χ0v) is 13.0. The average Bonchev–Trinajstić information content (AvgIpc) is 3.12. The van der Waals surface area contributed by atoms with E-state index in [2.05, 4.69) is 9.84 Å². The summed E-state index contributed by atoms with van der Waals surface area (Å²) in [6.45, 7) is 0.344. The van der Waals surface area contributed by atoms with Crippen molar-refractivity contribution < 1.29 is 17.9 Å². The molecule has 1 aliphatic heterocycles. The summed E-state index contributed by atoms with van der Waals surface area (Å²) in [5, 5.41) is 3.91. The lowest BCUT2D eigenvalue weighted by Crippen LogP contribution is -2.28. The molecule has 7 nitrogen and oxygen atoms in total. The number of aromatic nitrogens is 2.